The number of carbonyl (C=O) groups is 3. The van der Waals surface area contributed by atoms with E-state index in [4.69, 9.17) is 0 Å². The van der Waals surface area contributed by atoms with Crippen LogP contribution in [0.3, 0.4) is 0 Å². The van der Waals surface area contributed by atoms with Gasteiger partial charge in [-0.05, 0) is 61.9 Å². The zero-order valence-corrected chi connectivity index (χ0v) is 19.5. The summed E-state index contributed by atoms with van der Waals surface area (Å²) in [5.74, 6) is -2.95. The summed E-state index contributed by atoms with van der Waals surface area (Å²) >= 11 is 1.84. The van der Waals surface area contributed by atoms with Crippen molar-refractivity contribution in [2.75, 3.05) is 33.2 Å². The van der Waals surface area contributed by atoms with E-state index in [0.29, 0.717) is 18.2 Å². The summed E-state index contributed by atoms with van der Waals surface area (Å²) < 4.78 is 0. The van der Waals surface area contributed by atoms with Crippen LogP contribution in [0.5, 0.6) is 0 Å². The topological polar surface area (TPSA) is 104 Å². The lowest BCUT2D eigenvalue weighted by molar-refractivity contribution is -0.301. The van der Waals surface area contributed by atoms with E-state index >= 15 is 0 Å². The maximum atomic E-state index is 11.9. The molecule has 0 aliphatic carbocycles. The quantitative estimate of drug-likeness (QED) is 0.484. The molecule has 0 spiro atoms. The van der Waals surface area contributed by atoms with Gasteiger partial charge >= 0.3 is 0 Å². The number of ketones is 1. The van der Waals surface area contributed by atoms with E-state index < -0.39 is 11.9 Å². The first-order valence-electron chi connectivity index (χ1n) is 10.7. The molecule has 174 valence electrons. The molecule has 33 heavy (non-hydrogen) atoms. The third kappa shape index (κ3) is 6.77. The maximum Gasteiger partial charge on any atom is 0.159 e. The van der Waals surface area contributed by atoms with Crippen molar-refractivity contribution in [1.29, 1.82) is 0 Å². The summed E-state index contributed by atoms with van der Waals surface area (Å²) in [5.41, 5.74) is 3.56. The molecule has 1 saturated heterocycles. The van der Waals surface area contributed by atoms with Crippen LogP contribution in [0.4, 0.5) is 0 Å². The van der Waals surface area contributed by atoms with Crippen molar-refractivity contribution in [2.24, 2.45) is 0 Å². The largest absolute Gasteiger partial charge is 0.545 e. The van der Waals surface area contributed by atoms with Crippen LogP contribution in [0, 0.1) is 0 Å². The summed E-state index contributed by atoms with van der Waals surface area (Å²) in [6, 6.07) is 15.3. The minimum atomic E-state index is -1.55. The molecule has 8 heteroatoms. The smallest absolute Gasteiger partial charge is 0.159 e. The molecule has 0 N–H and O–H groups in total. The highest BCUT2D eigenvalue weighted by molar-refractivity contribution is 7.99. The van der Waals surface area contributed by atoms with Gasteiger partial charge in [0.25, 0.3) is 0 Å². The molecule has 0 amide bonds. The molecule has 0 bridgehead atoms. The number of Topliss-reactive ketones (excluding diaryl/α,β-unsaturated/α-hetero) is 1. The first-order valence-corrected chi connectivity index (χ1v) is 11.5. The SMILES string of the molecule is CC(=O)c1ccc2c(c1)C(N1CCN(C)CC1)Cc1ccccc1S2.O=C([O-])/C=C\C(=O)[O-]. The Balaban J connectivity index is 0.000000331. The third-order valence-electron chi connectivity index (χ3n) is 5.72. The highest BCUT2D eigenvalue weighted by Gasteiger charge is 2.29. The predicted octanol–water partition coefficient (Wildman–Crippen LogP) is 0.927. The standard InChI is InChI=1S/C21H24N2OS.C4H4O4/c1-15(24)16-7-8-21-18(13-16)19(23-11-9-22(2)10-12-23)14-17-5-3-4-6-20(17)25-21;5-3(6)1-2-4(7)8/h3-8,13,19H,9-12,14H2,1-2H3;1-2H,(H,5,6)(H,7,8)/p-2/b;2-1-. The minimum Gasteiger partial charge on any atom is -0.545 e. The number of piperazine rings is 1. The van der Waals surface area contributed by atoms with E-state index in [9.17, 15) is 24.6 Å². The number of aliphatic carboxylic acids is 2. The molecule has 4 rings (SSSR count). The number of likely N-dealkylation sites (N-methyl/N-ethyl adjacent to an activating group) is 1. The Morgan fingerprint density at radius 1 is 0.939 bits per heavy atom. The lowest BCUT2D eigenvalue weighted by Crippen LogP contribution is -2.46. The normalized spacial score (nSPS) is 18.4. The van der Waals surface area contributed by atoms with E-state index in [1.54, 1.807) is 6.92 Å². The number of hydrogen-bond acceptors (Lipinski definition) is 8. The van der Waals surface area contributed by atoms with Crippen molar-refractivity contribution in [1.82, 2.24) is 9.80 Å². The van der Waals surface area contributed by atoms with Gasteiger partial charge in [0.05, 0.1) is 11.9 Å². The molecule has 1 unspecified atom stereocenters. The second kappa shape index (κ2) is 11.3. The fourth-order valence-electron chi connectivity index (χ4n) is 3.93. The van der Waals surface area contributed by atoms with E-state index in [1.807, 2.05) is 17.8 Å². The first kappa shape index (κ1) is 24.7. The van der Waals surface area contributed by atoms with Crippen LogP contribution < -0.4 is 10.2 Å². The summed E-state index contributed by atoms with van der Waals surface area (Å²) in [6.45, 7) is 6.03. The van der Waals surface area contributed by atoms with Gasteiger partial charge in [-0.1, -0.05) is 36.0 Å². The van der Waals surface area contributed by atoms with Gasteiger partial charge in [0.1, 0.15) is 0 Å². The molecule has 7 nitrogen and oxygen atoms in total. The Bertz CT molecular complexity index is 1040. The van der Waals surface area contributed by atoms with Gasteiger partial charge in [0.2, 0.25) is 0 Å². The number of benzene rings is 2. The molecule has 2 heterocycles. The lowest BCUT2D eigenvalue weighted by atomic mass is 9.94. The molecule has 2 aromatic carbocycles. The number of carboxylic acids is 2. The van der Waals surface area contributed by atoms with Crippen molar-refractivity contribution in [3.63, 3.8) is 0 Å². The number of fused-ring (bicyclic) bond motifs is 2. The third-order valence-corrected chi connectivity index (χ3v) is 6.93. The van der Waals surface area contributed by atoms with Gasteiger partial charge in [0.15, 0.2) is 5.78 Å². The molecule has 2 aliphatic rings. The highest BCUT2D eigenvalue weighted by atomic mass is 32.2. The van der Waals surface area contributed by atoms with Gasteiger partial charge in [-0.2, -0.15) is 0 Å². The van der Waals surface area contributed by atoms with Gasteiger partial charge in [-0.3, -0.25) is 9.69 Å². The summed E-state index contributed by atoms with van der Waals surface area (Å²) in [7, 11) is 2.19. The fraction of sp³-hybridized carbons (Fsp3) is 0.320. The van der Waals surface area contributed by atoms with Crippen LogP contribution in [-0.4, -0.2) is 60.7 Å². The number of carbonyl (C=O) groups excluding carboxylic acids is 3. The fourth-order valence-corrected chi connectivity index (χ4v) is 5.04. The Hall–Kier alpha value is -2.94. The lowest BCUT2D eigenvalue weighted by Gasteiger charge is -2.38. The molecule has 0 aromatic heterocycles. The minimum absolute atomic E-state index is 0.145. The summed E-state index contributed by atoms with van der Waals surface area (Å²) in [6.07, 6.45) is 1.78. The Kier molecular flexibility index (Phi) is 8.43. The van der Waals surface area contributed by atoms with Crippen molar-refractivity contribution < 1.29 is 24.6 Å². The van der Waals surface area contributed by atoms with Crippen LogP contribution in [-0.2, 0) is 16.0 Å². The average Bonchev–Trinajstić information content (AvgIpc) is 2.95. The Morgan fingerprint density at radius 3 is 2.18 bits per heavy atom. The average molecular weight is 467 g/mol. The number of hydrogen-bond donors (Lipinski definition) is 0. The van der Waals surface area contributed by atoms with Crippen LogP contribution in [0.15, 0.2) is 64.4 Å². The number of nitrogens with zero attached hydrogens (tertiary/aromatic N) is 2. The van der Waals surface area contributed by atoms with Gasteiger partial charge in [0, 0.05) is 47.6 Å². The van der Waals surface area contributed by atoms with Gasteiger partial charge < -0.3 is 24.7 Å². The monoisotopic (exact) mass is 466 g/mol. The second-order valence-corrected chi connectivity index (χ2v) is 9.13. The predicted molar refractivity (Wildman–Crippen MR) is 122 cm³/mol. The van der Waals surface area contributed by atoms with E-state index in [1.165, 1.54) is 20.9 Å². The molecule has 2 aromatic rings. The van der Waals surface area contributed by atoms with Crippen LogP contribution in [0.25, 0.3) is 0 Å². The Morgan fingerprint density at radius 2 is 1.58 bits per heavy atom. The summed E-state index contributed by atoms with van der Waals surface area (Å²) in [5, 5.41) is 18.8. The van der Waals surface area contributed by atoms with Crippen LogP contribution in [0.1, 0.15) is 34.5 Å². The molecule has 2 aliphatic heterocycles. The van der Waals surface area contributed by atoms with Crippen molar-refractivity contribution in [2.45, 2.75) is 29.2 Å². The molecular weight excluding hydrogens is 440 g/mol. The number of rotatable bonds is 4. The first-order chi connectivity index (χ1) is 15.7. The zero-order valence-electron chi connectivity index (χ0n) is 18.7. The summed E-state index contributed by atoms with van der Waals surface area (Å²) in [4.78, 5) is 38.4. The van der Waals surface area contributed by atoms with Gasteiger partial charge in [-0.25, -0.2) is 0 Å². The van der Waals surface area contributed by atoms with Crippen LogP contribution >= 0.6 is 11.8 Å². The van der Waals surface area contributed by atoms with E-state index in [2.05, 4.69) is 53.2 Å². The van der Waals surface area contributed by atoms with Crippen molar-refractivity contribution in [3.8, 4) is 0 Å². The second-order valence-electron chi connectivity index (χ2n) is 8.05. The van der Waals surface area contributed by atoms with Crippen molar-refractivity contribution >= 4 is 29.5 Å². The Labute approximate surface area is 197 Å². The number of carboxylic acid groups (broad SMARTS) is 2. The maximum absolute atomic E-state index is 11.9. The molecule has 0 radical (unpaired) electrons. The molecule has 1 atom stereocenters. The zero-order chi connectivity index (χ0) is 24.0. The van der Waals surface area contributed by atoms with E-state index in [0.717, 1.165) is 38.2 Å². The highest BCUT2D eigenvalue weighted by Crippen LogP contribution is 2.43. The van der Waals surface area contributed by atoms with Gasteiger partial charge in [-0.15, -0.1) is 0 Å². The molecular formula is C25H26N2O5S-2. The van der Waals surface area contributed by atoms with Crippen molar-refractivity contribution in [3.05, 3.63) is 71.3 Å². The molecule has 1 fully saturated rings. The van der Waals surface area contributed by atoms with E-state index in [-0.39, 0.29) is 5.78 Å². The molecule has 0 saturated carbocycles. The van der Waals surface area contributed by atoms with Crippen LogP contribution in [0.2, 0.25) is 0 Å².